The van der Waals surface area contributed by atoms with Crippen LogP contribution in [0.25, 0.3) is 21.7 Å². The maximum atomic E-state index is 12.3. The molecule has 0 saturated carbocycles. The summed E-state index contributed by atoms with van der Waals surface area (Å²) in [6.45, 7) is 2.41. The number of aryl methyl sites for hydroxylation is 2. The average Bonchev–Trinajstić information content (AvgIpc) is 3.24. The van der Waals surface area contributed by atoms with E-state index < -0.39 is 0 Å². The van der Waals surface area contributed by atoms with Gasteiger partial charge in [0.15, 0.2) is 6.29 Å². The maximum Gasteiger partial charge on any atom is 0.167 e. The SMILES string of the molecule is Nc1ccc2c(c1)CN(c1cccc3cn(CCc4ccc5ccccc5n4)c(C=O)c13)CC2. The first-order chi connectivity index (χ1) is 16.7. The van der Waals surface area contributed by atoms with Crippen LogP contribution in [0.5, 0.6) is 0 Å². The Morgan fingerprint density at radius 1 is 0.941 bits per heavy atom. The Morgan fingerprint density at radius 3 is 2.74 bits per heavy atom. The summed E-state index contributed by atoms with van der Waals surface area (Å²) in [7, 11) is 0. The summed E-state index contributed by atoms with van der Waals surface area (Å²) in [4.78, 5) is 19.5. The molecule has 5 aromatic rings. The van der Waals surface area contributed by atoms with Crippen LogP contribution in [0.3, 0.4) is 0 Å². The molecule has 2 aromatic heterocycles. The number of para-hydroxylation sites is 1. The van der Waals surface area contributed by atoms with Crippen LogP contribution >= 0.6 is 0 Å². The van der Waals surface area contributed by atoms with E-state index in [2.05, 4.69) is 64.2 Å². The summed E-state index contributed by atoms with van der Waals surface area (Å²) in [5, 5.41) is 3.25. The van der Waals surface area contributed by atoms with Crippen LogP contribution in [-0.4, -0.2) is 22.4 Å². The Bertz CT molecular complexity index is 1530. The summed E-state index contributed by atoms with van der Waals surface area (Å²) in [5.41, 5.74) is 13.3. The highest BCUT2D eigenvalue weighted by atomic mass is 16.1. The molecular formula is C29H26N4O. The van der Waals surface area contributed by atoms with E-state index in [4.69, 9.17) is 10.7 Å². The van der Waals surface area contributed by atoms with Gasteiger partial charge in [-0.05, 0) is 47.9 Å². The third kappa shape index (κ3) is 3.59. The number of aldehydes is 1. The van der Waals surface area contributed by atoms with Crippen molar-refractivity contribution in [3.63, 3.8) is 0 Å². The highest BCUT2D eigenvalue weighted by Gasteiger charge is 2.21. The second-order valence-electron chi connectivity index (χ2n) is 9.01. The van der Waals surface area contributed by atoms with Gasteiger partial charge in [-0.25, -0.2) is 0 Å². The molecule has 0 atom stereocenters. The molecule has 0 bridgehead atoms. The van der Waals surface area contributed by atoms with Crippen molar-refractivity contribution >= 4 is 39.3 Å². The molecule has 5 heteroatoms. The van der Waals surface area contributed by atoms with Crippen molar-refractivity contribution in [2.75, 3.05) is 17.2 Å². The van der Waals surface area contributed by atoms with Gasteiger partial charge < -0.3 is 15.2 Å². The lowest BCUT2D eigenvalue weighted by Crippen LogP contribution is -2.30. The van der Waals surface area contributed by atoms with Crippen molar-refractivity contribution in [2.45, 2.75) is 25.9 Å². The summed E-state index contributed by atoms with van der Waals surface area (Å²) in [6, 6.07) is 24.8. The first-order valence-electron chi connectivity index (χ1n) is 11.7. The van der Waals surface area contributed by atoms with E-state index in [9.17, 15) is 4.79 Å². The molecule has 5 nitrogen and oxygen atoms in total. The Labute approximate surface area is 198 Å². The number of carbonyl (C=O) groups is 1. The molecule has 6 rings (SSSR count). The van der Waals surface area contributed by atoms with Gasteiger partial charge in [0, 0.05) is 65.5 Å². The van der Waals surface area contributed by atoms with E-state index in [1.165, 1.54) is 11.1 Å². The zero-order valence-corrected chi connectivity index (χ0v) is 18.9. The number of anilines is 2. The highest BCUT2D eigenvalue weighted by molar-refractivity contribution is 6.05. The van der Waals surface area contributed by atoms with E-state index >= 15 is 0 Å². The van der Waals surface area contributed by atoms with Crippen LogP contribution in [0.4, 0.5) is 11.4 Å². The number of pyridine rings is 1. The number of hydrogen-bond donors (Lipinski definition) is 1. The predicted molar refractivity (Wildman–Crippen MR) is 138 cm³/mol. The summed E-state index contributed by atoms with van der Waals surface area (Å²) in [5.74, 6) is 0. The minimum atomic E-state index is 0.701. The molecule has 3 heterocycles. The first-order valence-corrected chi connectivity index (χ1v) is 11.7. The Hall–Kier alpha value is -4.12. The van der Waals surface area contributed by atoms with Gasteiger partial charge in [-0.3, -0.25) is 9.78 Å². The van der Waals surface area contributed by atoms with Gasteiger partial charge >= 0.3 is 0 Å². The zero-order chi connectivity index (χ0) is 23.1. The topological polar surface area (TPSA) is 64.2 Å². The van der Waals surface area contributed by atoms with Crippen LogP contribution in [0, 0.1) is 0 Å². The van der Waals surface area contributed by atoms with Gasteiger partial charge in [0.25, 0.3) is 0 Å². The Morgan fingerprint density at radius 2 is 1.82 bits per heavy atom. The Kier molecular flexibility index (Phi) is 5.02. The van der Waals surface area contributed by atoms with Crippen molar-refractivity contribution in [1.82, 2.24) is 9.55 Å². The molecule has 168 valence electrons. The minimum Gasteiger partial charge on any atom is -0.399 e. The van der Waals surface area contributed by atoms with Crippen molar-refractivity contribution in [3.8, 4) is 0 Å². The summed E-state index contributed by atoms with van der Waals surface area (Å²) < 4.78 is 2.08. The molecular weight excluding hydrogens is 420 g/mol. The third-order valence-corrected chi connectivity index (χ3v) is 6.90. The highest BCUT2D eigenvalue weighted by Crippen LogP contribution is 2.34. The van der Waals surface area contributed by atoms with Crippen molar-refractivity contribution in [1.29, 1.82) is 0 Å². The molecule has 0 aliphatic carbocycles. The number of fused-ring (bicyclic) bond motifs is 3. The second-order valence-corrected chi connectivity index (χ2v) is 9.01. The van der Waals surface area contributed by atoms with Gasteiger partial charge in [0.1, 0.15) is 0 Å². The van der Waals surface area contributed by atoms with Crippen molar-refractivity contribution in [2.24, 2.45) is 0 Å². The lowest BCUT2D eigenvalue weighted by Gasteiger charge is -2.31. The monoisotopic (exact) mass is 446 g/mol. The zero-order valence-electron chi connectivity index (χ0n) is 18.9. The van der Waals surface area contributed by atoms with E-state index in [1.807, 2.05) is 24.3 Å². The lowest BCUT2D eigenvalue weighted by atomic mass is 9.98. The van der Waals surface area contributed by atoms with Crippen LogP contribution in [-0.2, 0) is 25.9 Å². The number of nitrogen functional groups attached to an aromatic ring is 1. The minimum absolute atomic E-state index is 0.701. The van der Waals surface area contributed by atoms with E-state index in [1.54, 1.807) is 0 Å². The van der Waals surface area contributed by atoms with Gasteiger partial charge in [0.2, 0.25) is 0 Å². The second kappa shape index (κ2) is 8.34. The quantitative estimate of drug-likeness (QED) is 0.290. The molecule has 0 unspecified atom stereocenters. The number of hydrogen-bond acceptors (Lipinski definition) is 4. The lowest BCUT2D eigenvalue weighted by molar-refractivity contribution is 0.111. The molecule has 1 aliphatic heterocycles. The first kappa shape index (κ1) is 20.5. The summed E-state index contributed by atoms with van der Waals surface area (Å²) in [6.07, 6.45) is 4.82. The van der Waals surface area contributed by atoms with Crippen molar-refractivity contribution in [3.05, 3.63) is 102 Å². The average molecular weight is 447 g/mol. The van der Waals surface area contributed by atoms with Crippen LogP contribution < -0.4 is 10.6 Å². The molecule has 2 N–H and O–H groups in total. The van der Waals surface area contributed by atoms with Crippen LogP contribution in [0.2, 0.25) is 0 Å². The number of nitrogens with zero attached hydrogens (tertiary/aromatic N) is 3. The van der Waals surface area contributed by atoms with Gasteiger partial charge in [-0.1, -0.05) is 42.5 Å². The van der Waals surface area contributed by atoms with Crippen molar-refractivity contribution < 1.29 is 4.79 Å². The fraction of sp³-hybridized carbons (Fsp3) is 0.172. The molecule has 34 heavy (non-hydrogen) atoms. The van der Waals surface area contributed by atoms with Gasteiger partial charge in [-0.15, -0.1) is 0 Å². The molecule has 0 saturated heterocycles. The summed E-state index contributed by atoms with van der Waals surface area (Å²) >= 11 is 0. The van der Waals surface area contributed by atoms with Gasteiger partial charge in [0.05, 0.1) is 11.2 Å². The Balaban J connectivity index is 1.32. The third-order valence-electron chi connectivity index (χ3n) is 6.90. The molecule has 3 aromatic carbocycles. The van der Waals surface area contributed by atoms with Gasteiger partial charge in [-0.2, -0.15) is 0 Å². The smallest absolute Gasteiger partial charge is 0.167 e. The molecule has 1 aliphatic rings. The number of carbonyl (C=O) groups excluding carboxylic acids is 1. The van der Waals surface area contributed by atoms with E-state index in [0.717, 1.165) is 76.7 Å². The number of rotatable bonds is 5. The standard InChI is InChI=1S/C29H26N4O/c30-24-10-8-20-12-14-32(18-23(20)16-24)27-7-3-5-22-17-33(28(19-34)29(22)27)15-13-25-11-9-21-4-1-2-6-26(21)31-25/h1-11,16-17,19H,12-15,18,30H2. The van der Waals surface area contributed by atoms with E-state index in [0.29, 0.717) is 6.54 Å². The number of benzene rings is 3. The fourth-order valence-electron chi connectivity index (χ4n) is 5.17. The largest absolute Gasteiger partial charge is 0.399 e. The molecule has 0 amide bonds. The van der Waals surface area contributed by atoms with Crippen LogP contribution in [0.15, 0.2) is 79.0 Å². The maximum absolute atomic E-state index is 12.3. The molecule has 0 fully saturated rings. The molecule has 0 radical (unpaired) electrons. The van der Waals surface area contributed by atoms with Crippen LogP contribution in [0.1, 0.15) is 27.3 Å². The number of aromatic nitrogens is 2. The molecule has 0 spiro atoms. The fourth-order valence-corrected chi connectivity index (χ4v) is 5.17. The van der Waals surface area contributed by atoms with E-state index in [-0.39, 0.29) is 0 Å². The number of nitrogens with two attached hydrogens (primary N) is 1. The predicted octanol–water partition coefficient (Wildman–Crippen LogP) is 5.39. The normalized spacial score (nSPS) is 13.4.